The molecule has 0 unspecified atom stereocenters. The van der Waals surface area contributed by atoms with Crippen molar-refractivity contribution in [2.24, 2.45) is 0 Å². The fourth-order valence-corrected chi connectivity index (χ4v) is 4.27. The first-order chi connectivity index (χ1) is 16.5. The van der Waals surface area contributed by atoms with Gasteiger partial charge in [-0.25, -0.2) is 19.0 Å². The number of carbonyl (C=O) groups is 1. The van der Waals surface area contributed by atoms with Gasteiger partial charge in [0.05, 0.1) is 11.4 Å². The van der Waals surface area contributed by atoms with E-state index >= 15 is 0 Å². The van der Waals surface area contributed by atoms with Gasteiger partial charge in [-0.2, -0.15) is 5.10 Å². The highest BCUT2D eigenvalue weighted by molar-refractivity contribution is 5.98. The maximum absolute atomic E-state index is 13.5. The highest BCUT2D eigenvalue weighted by Crippen LogP contribution is 2.35. The topological polar surface area (TPSA) is 99.2 Å². The van der Waals surface area contributed by atoms with Crippen molar-refractivity contribution < 1.29 is 13.9 Å². The number of piperidine rings is 1. The van der Waals surface area contributed by atoms with Crippen LogP contribution in [0.25, 0.3) is 22.3 Å². The van der Waals surface area contributed by atoms with E-state index in [0.717, 1.165) is 17.7 Å². The summed E-state index contributed by atoms with van der Waals surface area (Å²) in [6.07, 6.45) is 2.88. The van der Waals surface area contributed by atoms with Crippen molar-refractivity contribution in [3.05, 3.63) is 73.3 Å². The molecule has 1 aliphatic heterocycles. The summed E-state index contributed by atoms with van der Waals surface area (Å²) in [5.74, 6) is 0.100. The van der Waals surface area contributed by atoms with E-state index in [2.05, 4.69) is 16.5 Å². The summed E-state index contributed by atoms with van der Waals surface area (Å²) >= 11 is 0. The molecule has 1 fully saturated rings. The predicted molar refractivity (Wildman–Crippen MR) is 127 cm³/mol. The van der Waals surface area contributed by atoms with E-state index in [1.54, 1.807) is 4.68 Å². The molecular weight excluding hydrogens is 435 g/mol. The molecule has 0 bridgehead atoms. The van der Waals surface area contributed by atoms with Gasteiger partial charge in [0.15, 0.2) is 11.5 Å². The first-order valence-electron chi connectivity index (χ1n) is 11.0. The summed E-state index contributed by atoms with van der Waals surface area (Å²) < 4.78 is 21.1. The van der Waals surface area contributed by atoms with Crippen LogP contribution in [-0.2, 0) is 4.79 Å². The van der Waals surface area contributed by atoms with Crippen LogP contribution in [0.5, 0.6) is 11.5 Å². The van der Waals surface area contributed by atoms with Gasteiger partial charge in [-0.15, -0.1) is 0 Å². The summed E-state index contributed by atoms with van der Waals surface area (Å²) in [5.41, 5.74) is 8.27. The number of likely N-dealkylation sites (tertiary alicyclic amines) is 1. The van der Waals surface area contributed by atoms with E-state index in [9.17, 15) is 9.18 Å². The fourth-order valence-electron chi connectivity index (χ4n) is 4.27. The summed E-state index contributed by atoms with van der Waals surface area (Å²) in [6.45, 7) is 3.93. The lowest BCUT2D eigenvalue weighted by molar-refractivity contribution is -0.130. The molecule has 2 aromatic carbocycles. The molecule has 1 atom stereocenters. The number of ether oxygens (including phenoxy) is 1. The zero-order valence-electron chi connectivity index (χ0n) is 18.4. The SMILES string of the molecule is C=C(F)C(=O)N1CCC[C@@H](n2nc(-c3ccc(Oc4ccccc4)cc3)c3c(N)ncnc32)C1. The van der Waals surface area contributed by atoms with Crippen LogP contribution in [-0.4, -0.2) is 43.6 Å². The monoisotopic (exact) mass is 458 g/mol. The van der Waals surface area contributed by atoms with E-state index in [-0.39, 0.29) is 6.04 Å². The molecule has 0 aliphatic carbocycles. The number of halogens is 1. The van der Waals surface area contributed by atoms with Gasteiger partial charge in [0.1, 0.15) is 29.3 Å². The zero-order valence-corrected chi connectivity index (χ0v) is 18.4. The van der Waals surface area contributed by atoms with Crippen molar-refractivity contribution in [2.75, 3.05) is 18.8 Å². The van der Waals surface area contributed by atoms with E-state index in [0.29, 0.717) is 47.8 Å². The Morgan fingerprint density at radius 2 is 1.82 bits per heavy atom. The Kier molecular flexibility index (Phi) is 5.67. The Hall–Kier alpha value is -4.27. The number of rotatable bonds is 5. The Labute approximate surface area is 195 Å². The second-order valence-corrected chi connectivity index (χ2v) is 8.14. The van der Waals surface area contributed by atoms with Gasteiger partial charge >= 0.3 is 0 Å². The maximum atomic E-state index is 13.5. The van der Waals surface area contributed by atoms with Gasteiger partial charge in [0.2, 0.25) is 0 Å². The number of carbonyl (C=O) groups excluding carboxylic acids is 1. The average molecular weight is 458 g/mol. The number of para-hydroxylation sites is 1. The molecule has 2 aromatic heterocycles. The van der Waals surface area contributed by atoms with Crippen LogP contribution in [0.15, 0.2) is 73.3 Å². The largest absolute Gasteiger partial charge is 0.457 e. The van der Waals surface area contributed by atoms with Gasteiger partial charge in [-0.05, 0) is 49.2 Å². The molecule has 4 aromatic rings. The number of aromatic nitrogens is 4. The van der Waals surface area contributed by atoms with Crippen LogP contribution >= 0.6 is 0 Å². The van der Waals surface area contributed by atoms with Crippen molar-refractivity contribution in [1.29, 1.82) is 0 Å². The second kappa shape index (κ2) is 8.93. The minimum atomic E-state index is -0.962. The predicted octanol–water partition coefficient (Wildman–Crippen LogP) is 4.51. The zero-order chi connectivity index (χ0) is 23.7. The van der Waals surface area contributed by atoms with Gasteiger partial charge < -0.3 is 15.4 Å². The molecule has 0 spiro atoms. The molecule has 1 amide bonds. The smallest absolute Gasteiger partial charge is 0.282 e. The number of hydrogen-bond acceptors (Lipinski definition) is 6. The molecule has 8 nitrogen and oxygen atoms in total. The molecule has 2 N–H and O–H groups in total. The molecule has 172 valence electrons. The first-order valence-corrected chi connectivity index (χ1v) is 11.0. The Balaban J connectivity index is 1.49. The molecule has 3 heterocycles. The normalized spacial score (nSPS) is 15.9. The Morgan fingerprint density at radius 1 is 1.09 bits per heavy atom. The molecule has 0 radical (unpaired) electrons. The average Bonchev–Trinajstić information content (AvgIpc) is 3.26. The van der Waals surface area contributed by atoms with E-state index < -0.39 is 11.7 Å². The van der Waals surface area contributed by atoms with Crippen molar-refractivity contribution in [3.8, 4) is 22.8 Å². The second-order valence-electron chi connectivity index (χ2n) is 8.14. The number of nitrogens with two attached hydrogens (primary N) is 1. The highest BCUT2D eigenvalue weighted by Gasteiger charge is 2.29. The van der Waals surface area contributed by atoms with Crippen molar-refractivity contribution in [2.45, 2.75) is 18.9 Å². The summed E-state index contributed by atoms with van der Waals surface area (Å²) in [6, 6.07) is 16.9. The van der Waals surface area contributed by atoms with Crippen LogP contribution in [0.1, 0.15) is 18.9 Å². The number of hydrogen-bond donors (Lipinski definition) is 1. The third-order valence-electron chi connectivity index (χ3n) is 5.89. The van der Waals surface area contributed by atoms with Crippen molar-refractivity contribution >= 4 is 22.8 Å². The van der Waals surface area contributed by atoms with Crippen molar-refractivity contribution in [1.82, 2.24) is 24.6 Å². The van der Waals surface area contributed by atoms with E-state index in [1.807, 2.05) is 54.6 Å². The molecule has 1 aliphatic rings. The number of amides is 1. The molecule has 0 saturated carbocycles. The van der Waals surface area contributed by atoms with E-state index in [1.165, 1.54) is 11.2 Å². The van der Waals surface area contributed by atoms with Crippen LogP contribution in [0.4, 0.5) is 10.2 Å². The van der Waals surface area contributed by atoms with Gasteiger partial charge in [0, 0.05) is 18.7 Å². The van der Waals surface area contributed by atoms with Crippen LogP contribution in [0.2, 0.25) is 0 Å². The summed E-state index contributed by atoms with van der Waals surface area (Å²) in [4.78, 5) is 22.2. The molecular formula is C25H23FN6O2. The Bertz CT molecular complexity index is 1350. The van der Waals surface area contributed by atoms with Crippen molar-refractivity contribution in [3.63, 3.8) is 0 Å². The quantitative estimate of drug-likeness (QED) is 0.442. The minimum absolute atomic E-state index is 0.178. The molecule has 34 heavy (non-hydrogen) atoms. The fraction of sp³-hybridized carbons (Fsp3) is 0.200. The Morgan fingerprint density at radius 3 is 2.56 bits per heavy atom. The number of nitrogen functional groups attached to an aromatic ring is 1. The van der Waals surface area contributed by atoms with Crippen LogP contribution in [0.3, 0.4) is 0 Å². The number of benzene rings is 2. The van der Waals surface area contributed by atoms with E-state index in [4.69, 9.17) is 15.6 Å². The standard InChI is InChI=1S/C25H23FN6O2/c1-16(26)25(33)31-13-5-6-18(14-31)32-24-21(23(27)28-15-29-24)22(30-32)17-9-11-20(12-10-17)34-19-7-3-2-4-8-19/h2-4,7-12,15,18H,1,5-6,13-14H2,(H2,27,28,29)/t18-/m1/s1. The lowest BCUT2D eigenvalue weighted by Crippen LogP contribution is -2.41. The molecule has 1 saturated heterocycles. The lowest BCUT2D eigenvalue weighted by Gasteiger charge is -2.32. The van der Waals surface area contributed by atoms with Gasteiger partial charge in [-0.1, -0.05) is 24.8 Å². The number of fused-ring (bicyclic) bond motifs is 1. The third kappa shape index (κ3) is 4.07. The maximum Gasteiger partial charge on any atom is 0.282 e. The lowest BCUT2D eigenvalue weighted by atomic mass is 10.1. The first kappa shape index (κ1) is 21.6. The van der Waals surface area contributed by atoms with Gasteiger partial charge in [0.25, 0.3) is 5.91 Å². The molecule has 5 rings (SSSR count). The van der Waals surface area contributed by atoms with Gasteiger partial charge in [-0.3, -0.25) is 4.79 Å². The third-order valence-corrected chi connectivity index (χ3v) is 5.89. The summed E-state index contributed by atoms with van der Waals surface area (Å²) in [7, 11) is 0. The number of anilines is 1. The number of nitrogens with zero attached hydrogens (tertiary/aromatic N) is 5. The van der Waals surface area contributed by atoms with Crippen LogP contribution in [0, 0.1) is 0 Å². The van der Waals surface area contributed by atoms with Crippen LogP contribution < -0.4 is 10.5 Å². The summed E-state index contributed by atoms with van der Waals surface area (Å²) in [5, 5.41) is 5.47. The minimum Gasteiger partial charge on any atom is -0.457 e. The highest BCUT2D eigenvalue weighted by atomic mass is 19.1. The molecule has 9 heteroatoms.